The molecule has 1 N–H and O–H groups in total. The van der Waals surface area contributed by atoms with Crippen molar-refractivity contribution in [3.8, 4) is 0 Å². The van der Waals surface area contributed by atoms with E-state index in [0.717, 1.165) is 43.5 Å². The van der Waals surface area contributed by atoms with Gasteiger partial charge in [-0.25, -0.2) is 0 Å². The smallest absolute Gasteiger partial charge is 0.313 e. The fourth-order valence-corrected chi connectivity index (χ4v) is 4.43. The van der Waals surface area contributed by atoms with Crippen molar-refractivity contribution in [3.63, 3.8) is 0 Å². The van der Waals surface area contributed by atoms with Gasteiger partial charge in [-0.3, -0.25) is 9.59 Å². The lowest BCUT2D eigenvalue weighted by Crippen LogP contribution is -2.38. The second-order valence-electron chi connectivity index (χ2n) is 8.50. The molecule has 32 heavy (non-hydrogen) atoms. The molecule has 6 nitrogen and oxygen atoms in total. The first-order valence-corrected chi connectivity index (χ1v) is 11.5. The number of rotatable bonds is 8. The van der Waals surface area contributed by atoms with E-state index in [9.17, 15) is 9.59 Å². The zero-order valence-electron chi connectivity index (χ0n) is 19.1. The second kappa shape index (κ2) is 9.57. The van der Waals surface area contributed by atoms with E-state index < -0.39 is 11.8 Å². The molecule has 0 saturated heterocycles. The van der Waals surface area contributed by atoms with Crippen molar-refractivity contribution >= 4 is 28.4 Å². The molecule has 2 unspecified atom stereocenters. The SMILES string of the molecule is CCN(CC)CCn1ccc2cc(NC(=O)C(=O)N(C)C3CC3c3ccccc3)ccc21. The number of amides is 2. The molecule has 168 valence electrons. The molecule has 4 rings (SSSR count). The molecule has 0 bridgehead atoms. The predicted octanol–water partition coefficient (Wildman–Crippen LogP) is 3.94. The van der Waals surface area contributed by atoms with E-state index >= 15 is 0 Å². The van der Waals surface area contributed by atoms with E-state index in [1.54, 1.807) is 11.9 Å². The van der Waals surface area contributed by atoms with Crippen LogP contribution in [0.2, 0.25) is 0 Å². The quantitative estimate of drug-likeness (QED) is 0.549. The number of carbonyl (C=O) groups is 2. The van der Waals surface area contributed by atoms with Crippen LogP contribution in [-0.2, 0) is 16.1 Å². The van der Waals surface area contributed by atoms with Gasteiger partial charge in [0.15, 0.2) is 0 Å². The fraction of sp³-hybridized carbons (Fsp3) is 0.385. The molecule has 1 fully saturated rings. The van der Waals surface area contributed by atoms with Crippen LogP contribution in [0.5, 0.6) is 0 Å². The van der Waals surface area contributed by atoms with E-state index in [1.165, 1.54) is 5.56 Å². The highest BCUT2D eigenvalue weighted by Gasteiger charge is 2.44. The summed E-state index contributed by atoms with van der Waals surface area (Å²) in [4.78, 5) is 29.3. The Morgan fingerprint density at radius 1 is 1.06 bits per heavy atom. The molecule has 0 radical (unpaired) electrons. The van der Waals surface area contributed by atoms with Gasteiger partial charge in [-0.1, -0.05) is 44.2 Å². The average Bonchev–Trinajstić information content (AvgIpc) is 3.53. The third-order valence-electron chi connectivity index (χ3n) is 6.58. The highest BCUT2D eigenvalue weighted by atomic mass is 16.2. The van der Waals surface area contributed by atoms with Crippen LogP contribution < -0.4 is 5.32 Å². The number of likely N-dealkylation sites (N-methyl/N-ethyl adjacent to an activating group) is 2. The third kappa shape index (κ3) is 4.70. The van der Waals surface area contributed by atoms with E-state index in [1.807, 2.05) is 36.4 Å². The molecule has 1 aromatic heterocycles. The fourth-order valence-electron chi connectivity index (χ4n) is 4.43. The Labute approximate surface area is 189 Å². The average molecular weight is 433 g/mol. The van der Waals surface area contributed by atoms with E-state index in [2.05, 4.69) is 53.0 Å². The first-order valence-electron chi connectivity index (χ1n) is 11.5. The summed E-state index contributed by atoms with van der Waals surface area (Å²) in [5.41, 5.74) is 2.98. The van der Waals surface area contributed by atoms with Gasteiger partial charge < -0.3 is 19.7 Å². The number of hydrogen-bond donors (Lipinski definition) is 1. The summed E-state index contributed by atoms with van der Waals surface area (Å²) in [6, 6.07) is 18.1. The largest absolute Gasteiger partial charge is 0.346 e. The van der Waals surface area contributed by atoms with Crippen molar-refractivity contribution in [1.82, 2.24) is 14.4 Å². The minimum atomic E-state index is -0.591. The minimum absolute atomic E-state index is 0.0815. The van der Waals surface area contributed by atoms with Crippen molar-refractivity contribution in [2.45, 2.75) is 38.8 Å². The molecule has 0 spiro atoms. The van der Waals surface area contributed by atoms with Crippen LogP contribution in [0.3, 0.4) is 0 Å². The van der Waals surface area contributed by atoms with Crippen molar-refractivity contribution in [1.29, 1.82) is 0 Å². The molecule has 2 aromatic carbocycles. The topological polar surface area (TPSA) is 57.6 Å². The molecule has 2 amide bonds. The summed E-state index contributed by atoms with van der Waals surface area (Å²) in [5.74, 6) is -0.776. The molecule has 1 saturated carbocycles. The summed E-state index contributed by atoms with van der Waals surface area (Å²) in [6.07, 6.45) is 2.97. The second-order valence-corrected chi connectivity index (χ2v) is 8.50. The Morgan fingerprint density at radius 2 is 1.81 bits per heavy atom. The van der Waals surface area contributed by atoms with Crippen LogP contribution in [0.25, 0.3) is 10.9 Å². The summed E-state index contributed by atoms with van der Waals surface area (Å²) in [7, 11) is 1.72. The van der Waals surface area contributed by atoms with Crippen LogP contribution in [0.4, 0.5) is 5.69 Å². The zero-order valence-corrected chi connectivity index (χ0v) is 19.1. The molecule has 3 aromatic rings. The van der Waals surface area contributed by atoms with Crippen LogP contribution in [0, 0.1) is 0 Å². The summed E-state index contributed by atoms with van der Waals surface area (Å²) < 4.78 is 2.23. The van der Waals surface area contributed by atoms with Crippen molar-refractivity contribution in [2.24, 2.45) is 0 Å². The monoisotopic (exact) mass is 432 g/mol. The maximum Gasteiger partial charge on any atom is 0.313 e. The molecule has 1 aliphatic carbocycles. The highest BCUT2D eigenvalue weighted by molar-refractivity contribution is 6.39. The number of carbonyl (C=O) groups excluding carboxylic acids is 2. The van der Waals surface area contributed by atoms with Crippen molar-refractivity contribution in [2.75, 3.05) is 32.0 Å². The van der Waals surface area contributed by atoms with Gasteiger partial charge in [-0.05, 0) is 49.3 Å². The van der Waals surface area contributed by atoms with E-state index in [-0.39, 0.29) is 6.04 Å². The zero-order chi connectivity index (χ0) is 22.7. The van der Waals surface area contributed by atoms with Gasteiger partial charge in [0.05, 0.1) is 0 Å². The number of fused-ring (bicyclic) bond motifs is 1. The Hall–Kier alpha value is -3.12. The number of nitrogens with zero attached hydrogens (tertiary/aromatic N) is 3. The molecule has 1 heterocycles. The minimum Gasteiger partial charge on any atom is -0.346 e. The van der Waals surface area contributed by atoms with Gasteiger partial charge in [0.1, 0.15) is 0 Å². The number of nitrogens with one attached hydrogen (secondary N) is 1. The van der Waals surface area contributed by atoms with Gasteiger partial charge in [-0.15, -0.1) is 0 Å². The van der Waals surface area contributed by atoms with Gasteiger partial charge in [0.25, 0.3) is 0 Å². The van der Waals surface area contributed by atoms with Gasteiger partial charge in [0, 0.05) is 54.9 Å². The number of aromatic nitrogens is 1. The normalized spacial score (nSPS) is 17.5. The van der Waals surface area contributed by atoms with E-state index in [4.69, 9.17) is 0 Å². The van der Waals surface area contributed by atoms with Crippen LogP contribution in [0.1, 0.15) is 31.7 Å². The van der Waals surface area contributed by atoms with Crippen LogP contribution in [0.15, 0.2) is 60.8 Å². The molecule has 6 heteroatoms. The number of anilines is 1. The standard InChI is InChI=1S/C26H32N4O2/c1-4-29(5-2)15-16-30-14-13-20-17-21(11-12-23(20)30)27-25(31)26(32)28(3)24-18-22(24)19-9-7-6-8-10-19/h6-14,17,22,24H,4-5,15-16,18H2,1-3H3,(H,27,31). The first-order chi connectivity index (χ1) is 15.5. The molecular formula is C26H32N4O2. The van der Waals surface area contributed by atoms with Gasteiger partial charge >= 0.3 is 11.8 Å². The van der Waals surface area contributed by atoms with E-state index in [0.29, 0.717) is 11.6 Å². The predicted molar refractivity (Wildman–Crippen MR) is 129 cm³/mol. The maximum atomic E-state index is 12.7. The summed E-state index contributed by atoms with van der Waals surface area (Å²) in [6.45, 7) is 8.36. The highest BCUT2D eigenvalue weighted by Crippen LogP contribution is 2.44. The lowest BCUT2D eigenvalue weighted by molar-refractivity contribution is -0.142. The molecule has 2 atom stereocenters. The lowest BCUT2D eigenvalue weighted by atomic mass is 10.1. The van der Waals surface area contributed by atoms with Crippen molar-refractivity contribution in [3.05, 3.63) is 66.4 Å². The number of hydrogen-bond acceptors (Lipinski definition) is 3. The Bertz CT molecular complexity index is 1090. The first kappa shape index (κ1) is 22.1. The number of benzene rings is 2. The van der Waals surface area contributed by atoms with Gasteiger partial charge in [-0.2, -0.15) is 0 Å². The Morgan fingerprint density at radius 3 is 2.53 bits per heavy atom. The Kier molecular flexibility index (Phi) is 6.61. The third-order valence-corrected chi connectivity index (χ3v) is 6.58. The van der Waals surface area contributed by atoms with Gasteiger partial charge in [0.2, 0.25) is 0 Å². The van der Waals surface area contributed by atoms with Crippen molar-refractivity contribution < 1.29 is 9.59 Å². The maximum absolute atomic E-state index is 12.7. The Balaban J connectivity index is 1.36. The summed E-state index contributed by atoms with van der Waals surface area (Å²) >= 11 is 0. The lowest BCUT2D eigenvalue weighted by Gasteiger charge is -2.18. The molecular weight excluding hydrogens is 400 g/mol. The summed E-state index contributed by atoms with van der Waals surface area (Å²) in [5, 5.41) is 3.83. The van der Waals surface area contributed by atoms with Crippen LogP contribution >= 0.6 is 0 Å². The molecule has 1 aliphatic rings. The molecule has 0 aliphatic heterocycles. The van der Waals surface area contributed by atoms with Crippen LogP contribution in [-0.4, -0.2) is 58.9 Å².